The molecule has 1 saturated carbocycles. The summed E-state index contributed by atoms with van der Waals surface area (Å²) in [6.45, 7) is 2.81. The van der Waals surface area contributed by atoms with Crippen molar-refractivity contribution >= 4 is 18.4 Å². The van der Waals surface area contributed by atoms with Crippen molar-refractivity contribution in [3.05, 3.63) is 0 Å². The Kier molecular flexibility index (Phi) is 6.95. The summed E-state index contributed by atoms with van der Waals surface area (Å²) in [5.41, 5.74) is 5.19. The highest BCUT2D eigenvalue weighted by molar-refractivity contribution is 5.85. The van der Waals surface area contributed by atoms with Gasteiger partial charge in [0.2, 0.25) is 0 Å². The molecule has 1 aliphatic carbocycles. The molecule has 96 valence electrons. The number of methoxy groups -OCH3 is 1. The second kappa shape index (κ2) is 7.09. The molecule has 0 radical (unpaired) electrons. The minimum Gasteiger partial charge on any atom is -0.468 e. The topological polar surface area (TPSA) is 61.5 Å². The Morgan fingerprint density at radius 1 is 1.56 bits per heavy atom. The van der Waals surface area contributed by atoms with Crippen LogP contribution in [0.25, 0.3) is 0 Å². The molecule has 2 N–H and O–H groups in total. The van der Waals surface area contributed by atoms with Gasteiger partial charge in [0.05, 0.1) is 13.2 Å². The monoisotopic (exact) mass is 251 g/mol. The molecule has 0 amide bonds. The number of nitrogens with two attached hydrogens (primary N) is 1. The summed E-state index contributed by atoms with van der Waals surface area (Å²) < 4.78 is 10.4. The average molecular weight is 252 g/mol. The molecule has 16 heavy (non-hydrogen) atoms. The van der Waals surface area contributed by atoms with Gasteiger partial charge in [0.25, 0.3) is 0 Å². The molecule has 2 atom stereocenters. The summed E-state index contributed by atoms with van der Waals surface area (Å²) in [5.74, 6) is -0.313. The average Bonchev–Trinajstić information content (AvgIpc) is 2.25. The van der Waals surface area contributed by atoms with Crippen LogP contribution in [0.1, 0.15) is 39.0 Å². The van der Waals surface area contributed by atoms with Crippen molar-refractivity contribution in [3.63, 3.8) is 0 Å². The van der Waals surface area contributed by atoms with Crippen molar-refractivity contribution in [2.75, 3.05) is 13.7 Å². The first kappa shape index (κ1) is 15.7. The zero-order chi connectivity index (χ0) is 11.3. The Labute approximate surface area is 103 Å². The van der Waals surface area contributed by atoms with Gasteiger partial charge >= 0.3 is 5.97 Å². The molecule has 2 unspecified atom stereocenters. The van der Waals surface area contributed by atoms with E-state index < -0.39 is 5.54 Å². The van der Waals surface area contributed by atoms with Crippen molar-refractivity contribution in [2.45, 2.75) is 50.7 Å². The van der Waals surface area contributed by atoms with Crippen LogP contribution in [0.2, 0.25) is 0 Å². The molecular formula is C11H22ClNO3. The van der Waals surface area contributed by atoms with Gasteiger partial charge in [-0.3, -0.25) is 4.79 Å². The van der Waals surface area contributed by atoms with Gasteiger partial charge in [-0.1, -0.05) is 6.92 Å². The SMILES string of the molecule is CCCOC1CCCC(N)(C(=O)OC)C1.Cl. The summed E-state index contributed by atoms with van der Waals surface area (Å²) >= 11 is 0. The van der Waals surface area contributed by atoms with Crippen LogP contribution in [0.3, 0.4) is 0 Å². The summed E-state index contributed by atoms with van der Waals surface area (Å²) in [5, 5.41) is 0. The first-order valence-electron chi connectivity index (χ1n) is 5.61. The van der Waals surface area contributed by atoms with E-state index >= 15 is 0 Å². The van der Waals surface area contributed by atoms with Gasteiger partial charge in [0.15, 0.2) is 0 Å². The van der Waals surface area contributed by atoms with Crippen molar-refractivity contribution in [1.29, 1.82) is 0 Å². The Morgan fingerprint density at radius 3 is 2.81 bits per heavy atom. The molecule has 0 saturated heterocycles. The maximum absolute atomic E-state index is 11.5. The normalized spacial score (nSPS) is 29.3. The van der Waals surface area contributed by atoms with Crippen molar-refractivity contribution < 1.29 is 14.3 Å². The van der Waals surface area contributed by atoms with Gasteiger partial charge in [-0.25, -0.2) is 0 Å². The largest absolute Gasteiger partial charge is 0.468 e. The minimum atomic E-state index is -0.828. The summed E-state index contributed by atoms with van der Waals surface area (Å²) in [6.07, 6.45) is 4.32. The van der Waals surface area contributed by atoms with E-state index in [0.29, 0.717) is 12.8 Å². The van der Waals surface area contributed by atoms with E-state index in [-0.39, 0.29) is 24.5 Å². The fraction of sp³-hybridized carbons (Fsp3) is 0.909. The van der Waals surface area contributed by atoms with Crippen molar-refractivity contribution in [1.82, 2.24) is 0 Å². The number of carbonyl (C=O) groups excluding carboxylic acids is 1. The van der Waals surface area contributed by atoms with Crippen LogP contribution in [0.15, 0.2) is 0 Å². The standard InChI is InChI=1S/C11H21NO3.ClH/c1-3-7-15-9-5-4-6-11(12,8-9)10(13)14-2;/h9H,3-8,12H2,1-2H3;1H. The maximum Gasteiger partial charge on any atom is 0.325 e. The van der Waals surface area contributed by atoms with Gasteiger partial charge < -0.3 is 15.2 Å². The quantitative estimate of drug-likeness (QED) is 0.772. The molecule has 4 nitrogen and oxygen atoms in total. The van der Waals surface area contributed by atoms with Crippen LogP contribution in [-0.4, -0.2) is 31.3 Å². The van der Waals surface area contributed by atoms with E-state index in [1.54, 1.807) is 0 Å². The Bertz CT molecular complexity index is 225. The highest BCUT2D eigenvalue weighted by Crippen LogP contribution is 2.29. The van der Waals surface area contributed by atoms with E-state index in [2.05, 4.69) is 6.92 Å². The van der Waals surface area contributed by atoms with E-state index in [1.807, 2.05) is 0 Å². The van der Waals surface area contributed by atoms with Gasteiger partial charge in [-0.05, 0) is 25.7 Å². The molecule has 0 heterocycles. The highest BCUT2D eigenvalue weighted by Gasteiger charge is 2.40. The molecule has 1 fully saturated rings. The smallest absolute Gasteiger partial charge is 0.325 e. The molecule has 1 aliphatic rings. The van der Waals surface area contributed by atoms with Crippen LogP contribution in [0.5, 0.6) is 0 Å². The number of rotatable bonds is 4. The number of halogens is 1. The second-order valence-electron chi connectivity index (χ2n) is 4.24. The lowest BCUT2D eigenvalue weighted by molar-refractivity contribution is -0.150. The molecule has 1 rings (SSSR count). The van der Waals surface area contributed by atoms with Crippen molar-refractivity contribution in [3.8, 4) is 0 Å². The van der Waals surface area contributed by atoms with Crippen LogP contribution in [-0.2, 0) is 14.3 Å². The fourth-order valence-corrected chi connectivity index (χ4v) is 2.07. The van der Waals surface area contributed by atoms with Crippen LogP contribution in [0, 0.1) is 0 Å². The molecule has 0 aromatic carbocycles. The molecule has 0 aromatic rings. The van der Waals surface area contributed by atoms with Crippen LogP contribution in [0.4, 0.5) is 0 Å². The van der Waals surface area contributed by atoms with Crippen LogP contribution < -0.4 is 5.73 Å². The summed E-state index contributed by atoms with van der Waals surface area (Å²) in [7, 11) is 1.38. The molecule has 0 aliphatic heterocycles. The third-order valence-electron chi connectivity index (χ3n) is 2.89. The van der Waals surface area contributed by atoms with Gasteiger partial charge in [-0.15, -0.1) is 12.4 Å². The first-order valence-corrected chi connectivity index (χ1v) is 5.61. The first-order chi connectivity index (χ1) is 7.12. The predicted molar refractivity (Wildman–Crippen MR) is 64.7 cm³/mol. The predicted octanol–water partition coefficient (Wildman–Crippen LogP) is 1.65. The molecule has 0 spiro atoms. The maximum atomic E-state index is 11.5. The van der Waals surface area contributed by atoms with Crippen LogP contribution >= 0.6 is 12.4 Å². The molecular weight excluding hydrogens is 230 g/mol. The number of carbonyl (C=O) groups is 1. The summed E-state index contributed by atoms with van der Waals surface area (Å²) in [4.78, 5) is 11.5. The number of ether oxygens (including phenoxy) is 2. The highest BCUT2D eigenvalue weighted by atomic mass is 35.5. The lowest BCUT2D eigenvalue weighted by Crippen LogP contribution is -2.53. The second-order valence-corrected chi connectivity index (χ2v) is 4.24. The molecule has 0 bridgehead atoms. The zero-order valence-electron chi connectivity index (χ0n) is 10.0. The number of hydrogen-bond donors (Lipinski definition) is 1. The Morgan fingerprint density at radius 2 is 2.25 bits per heavy atom. The lowest BCUT2D eigenvalue weighted by atomic mass is 9.81. The van der Waals surface area contributed by atoms with Crippen molar-refractivity contribution in [2.24, 2.45) is 5.73 Å². The number of hydrogen-bond acceptors (Lipinski definition) is 4. The zero-order valence-corrected chi connectivity index (χ0v) is 10.8. The van der Waals surface area contributed by atoms with Gasteiger partial charge in [0.1, 0.15) is 5.54 Å². The molecule has 5 heteroatoms. The van der Waals surface area contributed by atoms with E-state index in [0.717, 1.165) is 25.9 Å². The van der Waals surface area contributed by atoms with E-state index in [9.17, 15) is 4.79 Å². The lowest BCUT2D eigenvalue weighted by Gasteiger charge is -2.35. The Balaban J connectivity index is 0.00000225. The third kappa shape index (κ3) is 3.92. The number of esters is 1. The Hall–Kier alpha value is -0.320. The van der Waals surface area contributed by atoms with E-state index in [1.165, 1.54) is 7.11 Å². The minimum absolute atomic E-state index is 0. The fourth-order valence-electron chi connectivity index (χ4n) is 2.07. The third-order valence-corrected chi connectivity index (χ3v) is 2.89. The summed E-state index contributed by atoms with van der Waals surface area (Å²) in [6, 6.07) is 0. The molecule has 0 aromatic heterocycles. The van der Waals surface area contributed by atoms with Gasteiger partial charge in [0, 0.05) is 13.0 Å². The van der Waals surface area contributed by atoms with Gasteiger partial charge in [-0.2, -0.15) is 0 Å². The van der Waals surface area contributed by atoms with E-state index in [4.69, 9.17) is 15.2 Å².